The van der Waals surface area contributed by atoms with E-state index in [4.69, 9.17) is 4.74 Å². The number of rotatable bonds is 4. The Morgan fingerprint density at radius 1 is 0.900 bits per heavy atom. The molecule has 2 aromatic rings. The monoisotopic (exact) mass is 268 g/mol. The minimum Gasteiger partial charge on any atom is -0.469 e. The average molecular weight is 268 g/mol. The summed E-state index contributed by atoms with van der Waals surface area (Å²) in [5, 5.41) is 0. The van der Waals surface area contributed by atoms with Crippen LogP contribution in [0, 0.1) is 0 Å². The molecule has 0 spiro atoms. The molecule has 0 aliphatic carbocycles. The lowest BCUT2D eigenvalue weighted by Gasteiger charge is -2.15. The van der Waals surface area contributed by atoms with E-state index in [0.717, 1.165) is 5.56 Å². The first-order valence-corrected chi connectivity index (χ1v) is 6.86. The normalized spacial score (nSPS) is 13.6. The summed E-state index contributed by atoms with van der Waals surface area (Å²) < 4.78 is 4.81. The number of carbonyl (C=O) groups is 1. The van der Waals surface area contributed by atoms with Crippen molar-refractivity contribution in [2.75, 3.05) is 7.11 Å². The molecule has 2 atom stereocenters. The average Bonchev–Trinajstić information content (AvgIpc) is 2.53. The van der Waals surface area contributed by atoms with Crippen molar-refractivity contribution in [1.29, 1.82) is 0 Å². The molecule has 0 aliphatic rings. The lowest BCUT2D eigenvalue weighted by molar-refractivity contribution is -0.141. The molecule has 20 heavy (non-hydrogen) atoms. The number of methoxy groups -OCH3 is 1. The van der Waals surface area contributed by atoms with Gasteiger partial charge in [-0.1, -0.05) is 61.5 Å². The summed E-state index contributed by atoms with van der Waals surface area (Å²) in [5.41, 5.74) is 3.48. The van der Waals surface area contributed by atoms with Crippen LogP contribution in [0.4, 0.5) is 0 Å². The van der Waals surface area contributed by atoms with Crippen molar-refractivity contribution in [2.24, 2.45) is 0 Å². The zero-order chi connectivity index (χ0) is 14.5. The maximum Gasteiger partial charge on any atom is 0.312 e. The Balaban J connectivity index is 2.28. The van der Waals surface area contributed by atoms with Crippen molar-refractivity contribution < 1.29 is 9.53 Å². The first-order chi connectivity index (χ1) is 9.63. The van der Waals surface area contributed by atoms with E-state index in [-0.39, 0.29) is 11.9 Å². The molecule has 2 rings (SSSR count). The van der Waals surface area contributed by atoms with Crippen molar-refractivity contribution in [3.05, 3.63) is 71.3 Å². The summed E-state index contributed by atoms with van der Waals surface area (Å²) in [7, 11) is 1.43. The predicted octanol–water partition coefficient (Wildman–Crippen LogP) is 4.11. The second-order valence-corrected chi connectivity index (χ2v) is 5.05. The Kier molecular flexibility index (Phi) is 4.57. The van der Waals surface area contributed by atoms with Gasteiger partial charge in [0.05, 0.1) is 13.0 Å². The molecule has 0 aliphatic heterocycles. The van der Waals surface area contributed by atoms with Gasteiger partial charge in [-0.2, -0.15) is 0 Å². The van der Waals surface area contributed by atoms with E-state index < -0.39 is 0 Å². The number of benzene rings is 2. The third-order valence-corrected chi connectivity index (χ3v) is 3.76. The number of ether oxygens (including phenoxy) is 1. The van der Waals surface area contributed by atoms with Crippen molar-refractivity contribution in [1.82, 2.24) is 0 Å². The van der Waals surface area contributed by atoms with Gasteiger partial charge in [-0.3, -0.25) is 4.79 Å². The van der Waals surface area contributed by atoms with Gasteiger partial charge in [-0.05, 0) is 23.6 Å². The van der Waals surface area contributed by atoms with Gasteiger partial charge in [-0.15, -0.1) is 0 Å². The molecular formula is C18H20O2. The molecule has 2 heteroatoms. The highest BCUT2D eigenvalue weighted by molar-refractivity contribution is 5.77. The molecule has 0 radical (unpaired) electrons. The zero-order valence-corrected chi connectivity index (χ0v) is 12.2. The van der Waals surface area contributed by atoms with Crippen molar-refractivity contribution in [3.63, 3.8) is 0 Å². The van der Waals surface area contributed by atoms with Gasteiger partial charge >= 0.3 is 5.97 Å². The first kappa shape index (κ1) is 14.3. The van der Waals surface area contributed by atoms with Crippen molar-refractivity contribution in [3.8, 4) is 0 Å². The number of esters is 1. The zero-order valence-electron chi connectivity index (χ0n) is 12.2. The topological polar surface area (TPSA) is 26.3 Å². The quantitative estimate of drug-likeness (QED) is 0.780. The molecule has 104 valence electrons. The van der Waals surface area contributed by atoms with Gasteiger partial charge in [0.1, 0.15) is 0 Å². The molecule has 0 aromatic heterocycles. The summed E-state index contributed by atoms with van der Waals surface area (Å²) in [4.78, 5) is 11.6. The number of hydrogen-bond acceptors (Lipinski definition) is 2. The fourth-order valence-corrected chi connectivity index (χ4v) is 2.34. The van der Waals surface area contributed by atoms with Crippen LogP contribution in [-0.4, -0.2) is 13.1 Å². The van der Waals surface area contributed by atoms with E-state index in [1.54, 1.807) is 0 Å². The second kappa shape index (κ2) is 6.38. The molecule has 0 N–H and O–H groups in total. The number of hydrogen-bond donors (Lipinski definition) is 0. The largest absolute Gasteiger partial charge is 0.469 e. The van der Waals surface area contributed by atoms with E-state index in [1.165, 1.54) is 18.2 Å². The molecule has 0 unspecified atom stereocenters. The van der Waals surface area contributed by atoms with Gasteiger partial charge in [0.15, 0.2) is 0 Å². The standard InChI is InChI=1S/C18H20O2/c1-13(15-8-5-4-6-9-15)16-10-7-11-17(12-16)14(2)18(19)20-3/h4-14H,1-3H3/t13-,14+/m0/s1. The molecule has 0 saturated carbocycles. The Labute approximate surface area is 120 Å². The molecule has 0 fully saturated rings. The molecular weight excluding hydrogens is 248 g/mol. The molecule has 2 aromatic carbocycles. The minimum absolute atomic E-state index is 0.200. The summed E-state index contributed by atoms with van der Waals surface area (Å²) in [6.07, 6.45) is 0. The van der Waals surface area contributed by atoms with E-state index >= 15 is 0 Å². The molecule has 2 nitrogen and oxygen atoms in total. The maximum atomic E-state index is 11.6. The Morgan fingerprint density at radius 3 is 2.15 bits per heavy atom. The van der Waals surface area contributed by atoms with Gasteiger partial charge < -0.3 is 4.74 Å². The van der Waals surface area contributed by atoms with E-state index in [2.05, 4.69) is 31.2 Å². The third-order valence-electron chi connectivity index (χ3n) is 3.76. The van der Waals surface area contributed by atoms with Gasteiger partial charge in [0, 0.05) is 5.92 Å². The molecule has 0 saturated heterocycles. The Hall–Kier alpha value is -2.09. The van der Waals surface area contributed by atoms with Crippen LogP contribution in [-0.2, 0) is 9.53 Å². The van der Waals surface area contributed by atoms with Gasteiger partial charge in [-0.25, -0.2) is 0 Å². The maximum absolute atomic E-state index is 11.6. The minimum atomic E-state index is -0.233. The van der Waals surface area contributed by atoms with E-state index in [9.17, 15) is 4.79 Å². The van der Waals surface area contributed by atoms with E-state index in [1.807, 2.05) is 37.3 Å². The first-order valence-electron chi connectivity index (χ1n) is 6.86. The highest BCUT2D eigenvalue weighted by Gasteiger charge is 2.17. The molecule has 0 heterocycles. The summed E-state index contributed by atoms with van der Waals surface area (Å²) in [6, 6.07) is 18.5. The van der Waals surface area contributed by atoms with Crippen LogP contribution < -0.4 is 0 Å². The third kappa shape index (κ3) is 3.08. The van der Waals surface area contributed by atoms with Crippen LogP contribution in [0.15, 0.2) is 54.6 Å². The summed E-state index contributed by atoms with van der Waals surface area (Å²) in [6.45, 7) is 4.05. The van der Waals surface area contributed by atoms with Crippen LogP contribution in [0.25, 0.3) is 0 Å². The van der Waals surface area contributed by atoms with Gasteiger partial charge in [0.25, 0.3) is 0 Å². The SMILES string of the molecule is COC(=O)[C@H](C)c1cccc([C@@H](C)c2ccccc2)c1. The van der Waals surface area contributed by atoms with Crippen LogP contribution in [0.5, 0.6) is 0 Å². The lowest BCUT2D eigenvalue weighted by Crippen LogP contribution is -2.11. The fraction of sp³-hybridized carbons (Fsp3) is 0.278. The number of carbonyl (C=O) groups excluding carboxylic acids is 1. The fourth-order valence-electron chi connectivity index (χ4n) is 2.34. The predicted molar refractivity (Wildman–Crippen MR) is 80.8 cm³/mol. The van der Waals surface area contributed by atoms with Crippen molar-refractivity contribution in [2.45, 2.75) is 25.7 Å². The highest BCUT2D eigenvalue weighted by Crippen LogP contribution is 2.27. The van der Waals surface area contributed by atoms with Crippen LogP contribution in [0.2, 0.25) is 0 Å². The summed E-state index contributed by atoms with van der Waals surface area (Å²) in [5.74, 6) is -0.126. The summed E-state index contributed by atoms with van der Waals surface area (Å²) >= 11 is 0. The van der Waals surface area contributed by atoms with Crippen molar-refractivity contribution >= 4 is 5.97 Å². The smallest absolute Gasteiger partial charge is 0.312 e. The van der Waals surface area contributed by atoms with Crippen LogP contribution >= 0.6 is 0 Å². The van der Waals surface area contributed by atoms with E-state index in [0.29, 0.717) is 5.92 Å². The van der Waals surface area contributed by atoms with Crippen LogP contribution in [0.3, 0.4) is 0 Å². The van der Waals surface area contributed by atoms with Gasteiger partial charge in [0.2, 0.25) is 0 Å². The Bertz CT molecular complexity index is 575. The molecule has 0 bridgehead atoms. The second-order valence-electron chi connectivity index (χ2n) is 5.05. The Morgan fingerprint density at radius 2 is 1.50 bits per heavy atom. The highest BCUT2D eigenvalue weighted by atomic mass is 16.5. The van der Waals surface area contributed by atoms with Crippen LogP contribution in [0.1, 0.15) is 42.4 Å². The lowest BCUT2D eigenvalue weighted by atomic mass is 9.90. The molecule has 0 amide bonds.